The molecule has 4 heteroatoms. The minimum atomic E-state index is -0.209. The third-order valence-electron chi connectivity index (χ3n) is 3.86. The third-order valence-corrected chi connectivity index (χ3v) is 3.86. The standard InChI is InChI=1S/C17H21FN2O/c1-12-9-14(21-17(12)10-19-13-7-8-13)11-20(2)16-6-4-3-5-15(16)18/h3-6,9,13,19H,7-8,10-11H2,1-2H3. The van der Waals surface area contributed by atoms with Crippen molar-refractivity contribution in [1.29, 1.82) is 0 Å². The summed E-state index contributed by atoms with van der Waals surface area (Å²) in [5.74, 6) is 1.64. The predicted molar refractivity (Wildman–Crippen MR) is 81.8 cm³/mol. The van der Waals surface area contributed by atoms with E-state index in [4.69, 9.17) is 4.42 Å². The first-order valence-electron chi connectivity index (χ1n) is 7.40. The van der Waals surface area contributed by atoms with Crippen molar-refractivity contribution in [2.24, 2.45) is 0 Å². The highest BCUT2D eigenvalue weighted by Crippen LogP contribution is 2.23. The molecule has 0 bridgehead atoms. The minimum Gasteiger partial charge on any atom is -0.463 e. The molecule has 2 aromatic rings. The number of hydrogen-bond acceptors (Lipinski definition) is 3. The average molecular weight is 288 g/mol. The topological polar surface area (TPSA) is 28.4 Å². The lowest BCUT2D eigenvalue weighted by atomic mass is 10.2. The molecule has 0 unspecified atom stereocenters. The van der Waals surface area contributed by atoms with Crippen LogP contribution in [0.3, 0.4) is 0 Å². The normalized spacial score (nSPS) is 14.4. The first-order chi connectivity index (χ1) is 10.1. The predicted octanol–water partition coefficient (Wildman–Crippen LogP) is 3.62. The molecule has 1 heterocycles. The van der Waals surface area contributed by atoms with Crippen LogP contribution >= 0.6 is 0 Å². The Morgan fingerprint density at radius 2 is 2.10 bits per heavy atom. The van der Waals surface area contributed by atoms with Gasteiger partial charge in [-0.05, 0) is 43.5 Å². The molecule has 3 rings (SSSR count). The number of nitrogens with one attached hydrogen (secondary N) is 1. The van der Waals surface area contributed by atoms with Crippen molar-refractivity contribution < 1.29 is 8.81 Å². The molecule has 0 atom stereocenters. The van der Waals surface area contributed by atoms with Gasteiger partial charge in [0, 0.05) is 13.1 Å². The summed E-state index contributed by atoms with van der Waals surface area (Å²) < 4.78 is 19.7. The second kappa shape index (κ2) is 5.90. The van der Waals surface area contributed by atoms with Crippen molar-refractivity contribution >= 4 is 5.69 Å². The van der Waals surface area contributed by atoms with Crippen LogP contribution in [0.15, 0.2) is 34.7 Å². The van der Waals surface area contributed by atoms with Crippen LogP contribution in [0.4, 0.5) is 10.1 Å². The maximum absolute atomic E-state index is 13.8. The Morgan fingerprint density at radius 1 is 1.33 bits per heavy atom. The summed E-state index contributed by atoms with van der Waals surface area (Å²) in [6, 6.07) is 9.50. The van der Waals surface area contributed by atoms with Crippen molar-refractivity contribution in [3.63, 3.8) is 0 Å². The Labute approximate surface area is 124 Å². The lowest BCUT2D eigenvalue weighted by Crippen LogP contribution is -2.17. The summed E-state index contributed by atoms with van der Waals surface area (Å²) in [4.78, 5) is 1.87. The van der Waals surface area contributed by atoms with E-state index in [-0.39, 0.29) is 5.82 Å². The molecule has 1 aromatic heterocycles. The maximum atomic E-state index is 13.8. The minimum absolute atomic E-state index is 0.209. The lowest BCUT2D eigenvalue weighted by molar-refractivity contribution is 0.442. The van der Waals surface area contributed by atoms with Crippen molar-refractivity contribution in [3.05, 3.63) is 53.2 Å². The number of anilines is 1. The fourth-order valence-corrected chi connectivity index (χ4v) is 2.45. The zero-order valence-electron chi connectivity index (χ0n) is 12.5. The Morgan fingerprint density at radius 3 is 2.81 bits per heavy atom. The summed E-state index contributed by atoms with van der Waals surface area (Å²) >= 11 is 0. The van der Waals surface area contributed by atoms with E-state index in [1.54, 1.807) is 12.1 Å². The second-order valence-electron chi connectivity index (χ2n) is 5.78. The van der Waals surface area contributed by atoms with Crippen LogP contribution in [-0.4, -0.2) is 13.1 Å². The first-order valence-corrected chi connectivity index (χ1v) is 7.40. The van der Waals surface area contributed by atoms with Crippen LogP contribution in [0.25, 0.3) is 0 Å². The summed E-state index contributed by atoms with van der Waals surface area (Å²) in [5, 5.41) is 3.45. The van der Waals surface area contributed by atoms with Crippen LogP contribution in [0, 0.1) is 12.7 Å². The molecule has 0 spiro atoms. The van der Waals surface area contributed by atoms with Crippen molar-refractivity contribution in [2.45, 2.75) is 38.9 Å². The molecule has 21 heavy (non-hydrogen) atoms. The number of aryl methyl sites for hydroxylation is 1. The van der Waals surface area contributed by atoms with E-state index in [0.717, 1.165) is 23.6 Å². The molecule has 1 N–H and O–H groups in total. The number of benzene rings is 1. The summed E-state index contributed by atoms with van der Waals surface area (Å²) in [6.07, 6.45) is 2.53. The van der Waals surface area contributed by atoms with Crippen molar-refractivity contribution in [2.75, 3.05) is 11.9 Å². The molecule has 1 aliphatic rings. The van der Waals surface area contributed by atoms with Crippen LogP contribution in [0.1, 0.15) is 29.9 Å². The van der Waals surface area contributed by atoms with Crippen LogP contribution in [0.5, 0.6) is 0 Å². The number of hydrogen-bond donors (Lipinski definition) is 1. The van der Waals surface area contributed by atoms with Gasteiger partial charge < -0.3 is 14.6 Å². The number of furan rings is 1. The van der Waals surface area contributed by atoms with E-state index in [2.05, 4.69) is 12.2 Å². The smallest absolute Gasteiger partial charge is 0.146 e. The fourth-order valence-electron chi connectivity index (χ4n) is 2.45. The van der Waals surface area contributed by atoms with Gasteiger partial charge in [-0.15, -0.1) is 0 Å². The highest BCUT2D eigenvalue weighted by Gasteiger charge is 2.21. The van der Waals surface area contributed by atoms with Gasteiger partial charge in [0.1, 0.15) is 17.3 Å². The fraction of sp³-hybridized carbons (Fsp3) is 0.412. The summed E-state index contributed by atoms with van der Waals surface area (Å²) in [7, 11) is 1.87. The Balaban J connectivity index is 1.66. The molecule has 0 amide bonds. The van der Waals surface area contributed by atoms with E-state index in [1.165, 1.54) is 18.9 Å². The van der Waals surface area contributed by atoms with Crippen LogP contribution in [0.2, 0.25) is 0 Å². The van der Waals surface area contributed by atoms with Gasteiger partial charge in [0.05, 0.1) is 18.8 Å². The number of halogens is 1. The van der Waals surface area contributed by atoms with E-state index < -0.39 is 0 Å². The Bertz CT molecular complexity index is 619. The average Bonchev–Trinajstić information content (AvgIpc) is 3.21. The van der Waals surface area contributed by atoms with Crippen LogP contribution < -0.4 is 10.2 Å². The molecule has 1 aliphatic carbocycles. The third kappa shape index (κ3) is 3.45. The molecule has 0 aliphatic heterocycles. The number of para-hydroxylation sites is 1. The Hall–Kier alpha value is -1.81. The van der Waals surface area contributed by atoms with Gasteiger partial charge in [-0.25, -0.2) is 4.39 Å². The van der Waals surface area contributed by atoms with Gasteiger partial charge in [-0.2, -0.15) is 0 Å². The summed E-state index contributed by atoms with van der Waals surface area (Å²) in [5.41, 5.74) is 1.74. The quantitative estimate of drug-likeness (QED) is 0.880. The molecular formula is C17H21FN2O. The molecule has 1 fully saturated rings. The second-order valence-corrected chi connectivity index (χ2v) is 5.78. The first kappa shape index (κ1) is 14.1. The molecule has 0 radical (unpaired) electrons. The van der Waals surface area contributed by atoms with Gasteiger partial charge in [0.2, 0.25) is 0 Å². The van der Waals surface area contributed by atoms with Crippen molar-refractivity contribution in [3.8, 4) is 0 Å². The van der Waals surface area contributed by atoms with E-state index in [9.17, 15) is 4.39 Å². The van der Waals surface area contributed by atoms with Crippen molar-refractivity contribution in [1.82, 2.24) is 5.32 Å². The molecule has 1 aromatic carbocycles. The monoisotopic (exact) mass is 288 g/mol. The van der Waals surface area contributed by atoms with E-state index in [0.29, 0.717) is 18.3 Å². The highest BCUT2D eigenvalue weighted by molar-refractivity contribution is 5.47. The van der Waals surface area contributed by atoms with Gasteiger partial charge in [-0.1, -0.05) is 12.1 Å². The lowest BCUT2D eigenvalue weighted by Gasteiger charge is -2.18. The number of nitrogens with zero attached hydrogens (tertiary/aromatic N) is 1. The Kier molecular flexibility index (Phi) is 3.97. The molecule has 0 saturated heterocycles. The zero-order valence-corrected chi connectivity index (χ0v) is 12.5. The van der Waals surface area contributed by atoms with Gasteiger partial charge in [0.25, 0.3) is 0 Å². The zero-order chi connectivity index (χ0) is 14.8. The molecule has 3 nitrogen and oxygen atoms in total. The SMILES string of the molecule is Cc1cc(CN(C)c2ccccc2F)oc1CNC1CC1. The van der Waals surface area contributed by atoms with E-state index in [1.807, 2.05) is 24.1 Å². The highest BCUT2D eigenvalue weighted by atomic mass is 19.1. The van der Waals surface area contributed by atoms with Gasteiger partial charge >= 0.3 is 0 Å². The van der Waals surface area contributed by atoms with Crippen LogP contribution in [-0.2, 0) is 13.1 Å². The maximum Gasteiger partial charge on any atom is 0.146 e. The molecular weight excluding hydrogens is 267 g/mol. The van der Waals surface area contributed by atoms with E-state index >= 15 is 0 Å². The summed E-state index contributed by atoms with van der Waals surface area (Å²) in [6.45, 7) is 3.39. The largest absolute Gasteiger partial charge is 0.463 e. The molecule has 112 valence electrons. The van der Waals surface area contributed by atoms with Gasteiger partial charge in [-0.3, -0.25) is 0 Å². The molecule has 1 saturated carbocycles. The van der Waals surface area contributed by atoms with Gasteiger partial charge in [0.15, 0.2) is 0 Å². The number of rotatable bonds is 6.